The summed E-state index contributed by atoms with van der Waals surface area (Å²) in [6.45, 7) is 1.63. The van der Waals surface area contributed by atoms with Crippen LogP contribution in [0.5, 0.6) is 11.6 Å². The zero-order chi connectivity index (χ0) is 28.0. The average molecular weight is 563 g/mol. The number of hydrogen-bond acceptors (Lipinski definition) is 9. The van der Waals surface area contributed by atoms with E-state index in [0.29, 0.717) is 66.1 Å². The Labute approximate surface area is 237 Å². The van der Waals surface area contributed by atoms with Gasteiger partial charge in [0.2, 0.25) is 5.88 Å². The summed E-state index contributed by atoms with van der Waals surface area (Å²) in [5, 5.41) is 6.49. The first kappa shape index (κ1) is 26.5. The third kappa shape index (κ3) is 5.58. The van der Waals surface area contributed by atoms with Crippen LogP contribution in [0.3, 0.4) is 0 Å². The maximum atomic E-state index is 15.1. The van der Waals surface area contributed by atoms with Gasteiger partial charge in [0.15, 0.2) is 18.2 Å². The number of aromatic nitrogens is 3. The first-order valence-corrected chi connectivity index (χ1v) is 14.5. The molecule has 2 aliphatic carbocycles. The Bertz CT molecular complexity index is 1470. The van der Waals surface area contributed by atoms with Gasteiger partial charge in [0.1, 0.15) is 12.4 Å². The second-order valence-electron chi connectivity index (χ2n) is 12.1. The molecule has 3 aromatic heterocycles. The van der Waals surface area contributed by atoms with Crippen LogP contribution in [0, 0.1) is 11.7 Å². The number of nitrogens with two attached hydrogens (primary N) is 1. The van der Waals surface area contributed by atoms with Crippen molar-refractivity contribution in [3.63, 3.8) is 0 Å². The van der Waals surface area contributed by atoms with Crippen LogP contribution in [-0.2, 0) is 22.5 Å². The maximum absolute atomic E-state index is 15.1. The van der Waals surface area contributed by atoms with E-state index in [9.17, 15) is 4.79 Å². The topological polar surface area (TPSA) is 134 Å². The van der Waals surface area contributed by atoms with Gasteiger partial charge in [-0.25, -0.2) is 14.4 Å². The lowest BCUT2D eigenvalue weighted by atomic mass is 9.89. The third-order valence-electron chi connectivity index (χ3n) is 9.08. The molecule has 2 saturated heterocycles. The number of nitrogens with one attached hydrogen (secondary N) is 2. The summed E-state index contributed by atoms with van der Waals surface area (Å²) in [6, 6.07) is 7.38. The number of carbonyl (C=O) groups is 1. The van der Waals surface area contributed by atoms with Gasteiger partial charge >= 0.3 is 0 Å². The van der Waals surface area contributed by atoms with Crippen LogP contribution < -0.4 is 25.8 Å². The van der Waals surface area contributed by atoms with Gasteiger partial charge in [-0.1, -0.05) is 0 Å². The lowest BCUT2D eigenvalue weighted by Gasteiger charge is -2.38. The van der Waals surface area contributed by atoms with Crippen LogP contribution in [0.25, 0.3) is 11.0 Å². The number of carbonyl (C=O) groups excluding carboxylic acids is 1. The summed E-state index contributed by atoms with van der Waals surface area (Å²) in [7, 11) is 0. The first-order valence-electron chi connectivity index (χ1n) is 14.5. The fourth-order valence-corrected chi connectivity index (χ4v) is 6.24. The molecule has 4 fully saturated rings. The number of nitrogens with zero attached hydrogens (tertiary/aromatic N) is 3. The molecule has 3 unspecified atom stereocenters. The molecule has 41 heavy (non-hydrogen) atoms. The molecule has 6 heterocycles. The zero-order valence-corrected chi connectivity index (χ0v) is 23.0. The molecular weight excluding hydrogens is 527 g/mol. The van der Waals surface area contributed by atoms with Crippen LogP contribution in [0.2, 0.25) is 0 Å². The third-order valence-corrected chi connectivity index (χ3v) is 9.08. The Morgan fingerprint density at radius 2 is 2.02 bits per heavy atom. The van der Waals surface area contributed by atoms with Gasteiger partial charge in [-0.3, -0.25) is 9.78 Å². The smallest absolute Gasteiger partial charge is 0.263 e. The van der Waals surface area contributed by atoms with Crippen molar-refractivity contribution in [3.8, 4) is 11.6 Å². The van der Waals surface area contributed by atoms with Crippen LogP contribution in [0.1, 0.15) is 56.2 Å². The predicted octanol–water partition coefficient (Wildman–Crippen LogP) is 3.42. The molecule has 0 radical (unpaired) electrons. The fourth-order valence-electron chi connectivity index (χ4n) is 6.24. The molecule has 4 N–H and O–H groups in total. The van der Waals surface area contributed by atoms with Gasteiger partial charge in [-0.2, -0.15) is 0 Å². The molecule has 216 valence electrons. The Kier molecular flexibility index (Phi) is 6.75. The summed E-state index contributed by atoms with van der Waals surface area (Å²) in [4.78, 5) is 25.1. The van der Waals surface area contributed by atoms with Crippen LogP contribution in [-0.4, -0.2) is 57.9 Å². The molecule has 0 aromatic carbocycles. The quantitative estimate of drug-likeness (QED) is 0.359. The maximum Gasteiger partial charge on any atom is 0.263 e. The van der Waals surface area contributed by atoms with E-state index in [1.807, 2.05) is 18.2 Å². The molecule has 3 aliphatic heterocycles. The van der Waals surface area contributed by atoms with Gasteiger partial charge in [-0.15, -0.1) is 0 Å². The van der Waals surface area contributed by atoms with Crippen molar-refractivity contribution in [2.45, 2.75) is 75.1 Å². The average Bonchev–Trinajstić information content (AvgIpc) is 3.78. The molecular formula is C30H35FN6O4. The number of halogens is 1. The highest BCUT2D eigenvalue weighted by Crippen LogP contribution is 2.40. The van der Waals surface area contributed by atoms with E-state index >= 15 is 4.39 Å². The monoisotopic (exact) mass is 562 g/mol. The molecule has 2 bridgehead atoms. The molecule has 3 atom stereocenters. The van der Waals surface area contributed by atoms with E-state index in [1.165, 1.54) is 6.20 Å². The molecule has 2 saturated carbocycles. The predicted molar refractivity (Wildman–Crippen MR) is 149 cm³/mol. The van der Waals surface area contributed by atoms with E-state index < -0.39 is 0 Å². The number of amides is 1. The largest absolute Gasteiger partial charge is 0.480 e. The summed E-state index contributed by atoms with van der Waals surface area (Å²) in [6.07, 6.45) is 8.63. The van der Waals surface area contributed by atoms with Crippen LogP contribution >= 0.6 is 0 Å². The molecule has 3 aromatic rings. The minimum Gasteiger partial charge on any atom is -0.480 e. The second kappa shape index (κ2) is 10.5. The van der Waals surface area contributed by atoms with Gasteiger partial charge in [0, 0.05) is 23.7 Å². The minimum atomic E-state index is -0.337. The van der Waals surface area contributed by atoms with E-state index in [4.69, 9.17) is 19.9 Å². The Morgan fingerprint density at radius 3 is 2.85 bits per heavy atom. The molecule has 0 spiro atoms. The molecule has 1 amide bonds. The van der Waals surface area contributed by atoms with Gasteiger partial charge in [0.05, 0.1) is 41.2 Å². The number of ether oxygens (including phenoxy) is 3. The van der Waals surface area contributed by atoms with E-state index in [2.05, 4.69) is 25.6 Å². The lowest BCUT2D eigenvalue weighted by molar-refractivity contribution is -0.118. The number of aryl methyl sites for hydroxylation is 1. The number of anilines is 1. The van der Waals surface area contributed by atoms with E-state index in [1.54, 1.807) is 6.07 Å². The Morgan fingerprint density at radius 1 is 1.15 bits per heavy atom. The van der Waals surface area contributed by atoms with E-state index in [0.717, 1.165) is 50.6 Å². The van der Waals surface area contributed by atoms with E-state index in [-0.39, 0.29) is 35.5 Å². The SMILES string of the molecule is NC1(COc2ccc3ncc(F)c(CCC4CCC5(NCc6ccc7c(n6)NC(=O)CO7)CCC4OC5)c3n2)CC1. The normalized spacial score (nSPS) is 26.1. The summed E-state index contributed by atoms with van der Waals surface area (Å²) in [5.41, 5.74) is 8.40. The highest BCUT2D eigenvalue weighted by molar-refractivity contribution is 5.94. The highest BCUT2D eigenvalue weighted by atomic mass is 19.1. The van der Waals surface area contributed by atoms with Crippen molar-refractivity contribution in [2.75, 3.05) is 25.1 Å². The standard InChI is InChI=1S/C30H35FN6O4/c31-21-14-33-22-4-6-26(41-16-29(32)11-12-29)37-27(22)20(21)3-1-18-7-9-30(10-8-23(18)40-17-30)34-13-19-2-5-24-28(35-19)36-25(38)15-39-24/h2,4-6,14,18,23,34H,1,3,7-13,15-17,32H2,(H,35,36,38). The highest BCUT2D eigenvalue weighted by Gasteiger charge is 2.42. The van der Waals surface area contributed by atoms with Crippen LogP contribution in [0.15, 0.2) is 30.5 Å². The zero-order valence-electron chi connectivity index (χ0n) is 23.0. The van der Waals surface area contributed by atoms with Crippen molar-refractivity contribution < 1.29 is 23.4 Å². The summed E-state index contributed by atoms with van der Waals surface area (Å²) >= 11 is 0. The number of rotatable bonds is 9. The number of hydrogen-bond donors (Lipinski definition) is 3. The van der Waals surface area contributed by atoms with Gasteiger partial charge in [-0.05, 0) is 75.5 Å². The lowest BCUT2D eigenvalue weighted by Crippen LogP contribution is -2.51. The number of pyridine rings is 3. The Balaban J connectivity index is 1.00. The molecule has 11 heteroatoms. The van der Waals surface area contributed by atoms with Crippen molar-refractivity contribution in [2.24, 2.45) is 11.7 Å². The molecule has 10 nitrogen and oxygen atoms in total. The fraction of sp³-hybridized carbons (Fsp3) is 0.533. The van der Waals surface area contributed by atoms with Crippen molar-refractivity contribution in [1.82, 2.24) is 20.3 Å². The van der Waals surface area contributed by atoms with Crippen molar-refractivity contribution in [1.29, 1.82) is 0 Å². The van der Waals surface area contributed by atoms with Crippen molar-refractivity contribution >= 4 is 22.8 Å². The summed E-state index contributed by atoms with van der Waals surface area (Å²) < 4.78 is 32.7. The van der Waals surface area contributed by atoms with Gasteiger partial charge < -0.3 is 30.6 Å². The van der Waals surface area contributed by atoms with Gasteiger partial charge in [0.25, 0.3) is 5.91 Å². The minimum absolute atomic E-state index is 0.0143. The molecule has 5 aliphatic rings. The van der Waals surface area contributed by atoms with Crippen LogP contribution in [0.4, 0.5) is 10.2 Å². The molecule has 8 rings (SSSR count). The second-order valence-corrected chi connectivity index (χ2v) is 12.1. The van der Waals surface area contributed by atoms with Crippen molar-refractivity contribution in [3.05, 3.63) is 47.5 Å². The first-order chi connectivity index (χ1) is 19.9. The number of fused-ring (bicyclic) bond motifs is 6. The summed E-state index contributed by atoms with van der Waals surface area (Å²) in [5.74, 6) is 1.30. The Hall–Kier alpha value is -3.41.